The first-order valence-corrected chi connectivity index (χ1v) is 7.14. The molecular formula is C14H24N4O. The summed E-state index contributed by atoms with van der Waals surface area (Å²) in [5, 5.41) is 10.7. The van der Waals surface area contributed by atoms with E-state index in [1.165, 1.54) is 0 Å². The number of piperidine rings is 1. The molecule has 0 aliphatic carbocycles. The Morgan fingerprint density at radius 2 is 2.26 bits per heavy atom. The summed E-state index contributed by atoms with van der Waals surface area (Å²) >= 11 is 0. The predicted molar refractivity (Wildman–Crippen MR) is 74.5 cm³/mol. The maximum Gasteiger partial charge on any atom is 0.226 e. The van der Waals surface area contributed by atoms with Gasteiger partial charge in [0.1, 0.15) is 0 Å². The normalized spacial score (nSPS) is 18.2. The van der Waals surface area contributed by atoms with Gasteiger partial charge in [-0.1, -0.05) is 13.3 Å². The van der Waals surface area contributed by atoms with Gasteiger partial charge < -0.3 is 10.6 Å². The molecule has 5 nitrogen and oxygen atoms in total. The summed E-state index contributed by atoms with van der Waals surface area (Å²) < 4.78 is 1.76. The molecular weight excluding hydrogens is 240 g/mol. The van der Waals surface area contributed by atoms with Crippen molar-refractivity contribution in [3.05, 3.63) is 18.0 Å². The van der Waals surface area contributed by atoms with E-state index in [2.05, 4.69) is 22.7 Å². The second kappa shape index (κ2) is 6.19. The van der Waals surface area contributed by atoms with Crippen LogP contribution in [0.1, 0.15) is 38.3 Å². The smallest absolute Gasteiger partial charge is 0.226 e. The molecule has 0 aromatic carbocycles. The van der Waals surface area contributed by atoms with Crippen LogP contribution in [0.25, 0.3) is 0 Å². The standard InChI is InChI=1S/C14H24N4O/c1-3-5-14(6-8-15-9-7-14)13(19)16-11-12-4-10-18(2)17-12/h4,10,15H,3,5-9,11H2,1-2H3,(H,16,19). The molecule has 0 spiro atoms. The third kappa shape index (κ3) is 3.35. The molecule has 1 aromatic rings. The molecule has 106 valence electrons. The molecule has 0 atom stereocenters. The zero-order chi connectivity index (χ0) is 13.7. The largest absolute Gasteiger partial charge is 0.350 e. The number of nitrogens with one attached hydrogen (secondary N) is 2. The molecule has 19 heavy (non-hydrogen) atoms. The van der Waals surface area contributed by atoms with Crippen molar-refractivity contribution >= 4 is 5.91 Å². The van der Waals surface area contributed by atoms with E-state index in [1.54, 1.807) is 4.68 Å². The molecule has 5 heteroatoms. The highest BCUT2D eigenvalue weighted by atomic mass is 16.2. The molecule has 1 amide bonds. The van der Waals surface area contributed by atoms with Gasteiger partial charge in [-0.3, -0.25) is 9.48 Å². The Bertz CT molecular complexity index is 415. The van der Waals surface area contributed by atoms with Gasteiger partial charge in [0.05, 0.1) is 17.7 Å². The fraction of sp³-hybridized carbons (Fsp3) is 0.714. The molecule has 2 heterocycles. The van der Waals surface area contributed by atoms with Gasteiger partial charge in [0.2, 0.25) is 5.91 Å². The molecule has 1 fully saturated rings. The first kappa shape index (κ1) is 14.1. The highest BCUT2D eigenvalue weighted by Crippen LogP contribution is 2.34. The summed E-state index contributed by atoms with van der Waals surface area (Å²) in [5.74, 6) is 0.196. The fourth-order valence-electron chi connectivity index (χ4n) is 2.89. The lowest BCUT2D eigenvalue weighted by Crippen LogP contribution is -2.47. The van der Waals surface area contributed by atoms with Crippen LogP contribution < -0.4 is 10.6 Å². The summed E-state index contributed by atoms with van der Waals surface area (Å²) in [4.78, 5) is 12.5. The van der Waals surface area contributed by atoms with E-state index >= 15 is 0 Å². The van der Waals surface area contributed by atoms with Crippen molar-refractivity contribution < 1.29 is 4.79 Å². The Labute approximate surface area is 114 Å². The Morgan fingerprint density at radius 3 is 2.84 bits per heavy atom. The summed E-state index contributed by atoms with van der Waals surface area (Å²) in [6, 6.07) is 1.94. The second-order valence-corrected chi connectivity index (χ2v) is 5.44. The fourth-order valence-corrected chi connectivity index (χ4v) is 2.89. The Morgan fingerprint density at radius 1 is 1.53 bits per heavy atom. The first-order valence-electron chi connectivity index (χ1n) is 7.14. The number of rotatable bonds is 5. The molecule has 0 bridgehead atoms. The predicted octanol–water partition coefficient (Wildman–Crippen LogP) is 1.21. The Hall–Kier alpha value is -1.36. The highest BCUT2D eigenvalue weighted by Gasteiger charge is 2.38. The van der Waals surface area contributed by atoms with Gasteiger partial charge in [-0.25, -0.2) is 0 Å². The van der Waals surface area contributed by atoms with Crippen molar-refractivity contribution in [2.45, 2.75) is 39.2 Å². The van der Waals surface area contributed by atoms with Gasteiger partial charge >= 0.3 is 0 Å². The quantitative estimate of drug-likeness (QED) is 0.840. The van der Waals surface area contributed by atoms with Crippen molar-refractivity contribution in [3.8, 4) is 0 Å². The van der Waals surface area contributed by atoms with E-state index in [0.29, 0.717) is 6.54 Å². The molecule has 2 rings (SSSR count). The van der Waals surface area contributed by atoms with Crippen LogP contribution in [0.5, 0.6) is 0 Å². The first-order chi connectivity index (χ1) is 9.16. The topological polar surface area (TPSA) is 59.0 Å². The third-order valence-corrected chi connectivity index (χ3v) is 3.97. The van der Waals surface area contributed by atoms with Crippen molar-refractivity contribution in [2.24, 2.45) is 12.5 Å². The van der Waals surface area contributed by atoms with Gasteiger partial charge in [-0.05, 0) is 38.4 Å². The monoisotopic (exact) mass is 264 g/mol. The van der Waals surface area contributed by atoms with Crippen molar-refractivity contribution in [1.29, 1.82) is 0 Å². The van der Waals surface area contributed by atoms with Gasteiger partial charge in [0.25, 0.3) is 0 Å². The number of aryl methyl sites for hydroxylation is 1. The summed E-state index contributed by atoms with van der Waals surface area (Å²) in [6.45, 7) is 4.56. The molecule has 0 unspecified atom stereocenters. The minimum absolute atomic E-state index is 0.172. The van der Waals surface area contributed by atoms with E-state index in [-0.39, 0.29) is 11.3 Å². The van der Waals surface area contributed by atoms with Crippen LogP contribution in [0.3, 0.4) is 0 Å². The Kier molecular flexibility index (Phi) is 4.58. The van der Waals surface area contributed by atoms with Crippen LogP contribution in [-0.4, -0.2) is 28.8 Å². The van der Waals surface area contributed by atoms with Crippen molar-refractivity contribution in [3.63, 3.8) is 0 Å². The average molecular weight is 264 g/mol. The molecule has 0 saturated carbocycles. The van der Waals surface area contributed by atoms with Crippen LogP contribution in [0.2, 0.25) is 0 Å². The number of hydrogen-bond acceptors (Lipinski definition) is 3. The summed E-state index contributed by atoms with van der Waals surface area (Å²) in [5.41, 5.74) is 0.742. The summed E-state index contributed by atoms with van der Waals surface area (Å²) in [7, 11) is 1.89. The lowest BCUT2D eigenvalue weighted by atomic mass is 9.74. The molecule has 1 saturated heterocycles. The zero-order valence-electron chi connectivity index (χ0n) is 11.9. The average Bonchev–Trinajstić information content (AvgIpc) is 2.83. The SMILES string of the molecule is CCCC1(C(=O)NCc2ccn(C)n2)CCNCC1. The van der Waals surface area contributed by atoms with Gasteiger partial charge in [0.15, 0.2) is 0 Å². The van der Waals surface area contributed by atoms with Crippen LogP contribution in [0.15, 0.2) is 12.3 Å². The molecule has 1 aromatic heterocycles. The lowest BCUT2D eigenvalue weighted by Gasteiger charge is -2.36. The van der Waals surface area contributed by atoms with Gasteiger partial charge in [0, 0.05) is 13.2 Å². The van der Waals surface area contributed by atoms with Gasteiger partial charge in [-0.15, -0.1) is 0 Å². The summed E-state index contributed by atoms with van der Waals surface area (Å²) in [6.07, 6.45) is 5.80. The third-order valence-electron chi connectivity index (χ3n) is 3.97. The van der Waals surface area contributed by atoms with E-state index in [1.807, 2.05) is 19.3 Å². The maximum atomic E-state index is 12.5. The van der Waals surface area contributed by atoms with E-state index in [9.17, 15) is 4.79 Å². The maximum absolute atomic E-state index is 12.5. The molecule has 1 aliphatic heterocycles. The number of hydrogen-bond donors (Lipinski definition) is 2. The molecule has 2 N–H and O–H groups in total. The van der Waals surface area contributed by atoms with Crippen LogP contribution in [-0.2, 0) is 18.4 Å². The molecule has 0 radical (unpaired) electrons. The minimum Gasteiger partial charge on any atom is -0.350 e. The van der Waals surface area contributed by atoms with Crippen LogP contribution >= 0.6 is 0 Å². The minimum atomic E-state index is -0.172. The van der Waals surface area contributed by atoms with Crippen LogP contribution in [0.4, 0.5) is 0 Å². The van der Waals surface area contributed by atoms with Crippen molar-refractivity contribution in [2.75, 3.05) is 13.1 Å². The Balaban J connectivity index is 1.95. The van der Waals surface area contributed by atoms with E-state index < -0.39 is 0 Å². The number of aromatic nitrogens is 2. The highest BCUT2D eigenvalue weighted by molar-refractivity contribution is 5.82. The molecule has 1 aliphatic rings. The lowest BCUT2D eigenvalue weighted by molar-refractivity contribution is -0.133. The number of nitrogens with zero attached hydrogens (tertiary/aromatic N) is 2. The van der Waals surface area contributed by atoms with E-state index in [4.69, 9.17) is 0 Å². The van der Waals surface area contributed by atoms with E-state index in [0.717, 1.165) is 44.5 Å². The number of carbonyl (C=O) groups is 1. The number of amides is 1. The zero-order valence-corrected chi connectivity index (χ0v) is 11.9. The van der Waals surface area contributed by atoms with Crippen LogP contribution in [0, 0.1) is 5.41 Å². The number of carbonyl (C=O) groups excluding carboxylic acids is 1. The second-order valence-electron chi connectivity index (χ2n) is 5.44. The van der Waals surface area contributed by atoms with Gasteiger partial charge in [-0.2, -0.15) is 5.10 Å². The van der Waals surface area contributed by atoms with Crippen molar-refractivity contribution in [1.82, 2.24) is 20.4 Å².